The molecule has 21 heavy (non-hydrogen) atoms. The van der Waals surface area contributed by atoms with Crippen molar-refractivity contribution >= 4 is 11.8 Å². The van der Waals surface area contributed by atoms with Gasteiger partial charge in [0.25, 0.3) is 0 Å². The lowest BCUT2D eigenvalue weighted by Gasteiger charge is -2.04. The van der Waals surface area contributed by atoms with Crippen molar-refractivity contribution < 1.29 is 4.52 Å². The van der Waals surface area contributed by atoms with Gasteiger partial charge < -0.3 is 4.52 Å². The van der Waals surface area contributed by atoms with E-state index < -0.39 is 0 Å². The van der Waals surface area contributed by atoms with Crippen molar-refractivity contribution in [1.29, 1.82) is 0 Å². The molecular formula is C16H15N3OS. The lowest BCUT2D eigenvalue weighted by molar-refractivity contribution is 0.392. The van der Waals surface area contributed by atoms with Gasteiger partial charge >= 0.3 is 0 Å². The third kappa shape index (κ3) is 3.13. The van der Waals surface area contributed by atoms with Gasteiger partial charge in [-0.25, -0.2) is 9.97 Å². The van der Waals surface area contributed by atoms with E-state index in [4.69, 9.17) is 4.52 Å². The third-order valence-corrected chi connectivity index (χ3v) is 4.21. The molecule has 0 bridgehead atoms. The smallest absolute Gasteiger partial charge is 0.137 e. The van der Waals surface area contributed by atoms with Crippen LogP contribution in [0, 0.1) is 13.8 Å². The maximum absolute atomic E-state index is 5.18. The van der Waals surface area contributed by atoms with Crippen LogP contribution in [0.4, 0.5) is 0 Å². The SMILES string of the molecule is Cc1noc(C)c1CSc1cc(-c2ccccc2)ncn1. The molecule has 0 atom stereocenters. The van der Waals surface area contributed by atoms with Gasteiger partial charge in [0, 0.05) is 16.9 Å². The van der Waals surface area contributed by atoms with Crippen LogP contribution in [0.15, 0.2) is 52.3 Å². The largest absolute Gasteiger partial charge is 0.361 e. The van der Waals surface area contributed by atoms with E-state index in [0.29, 0.717) is 0 Å². The first kappa shape index (κ1) is 13.8. The summed E-state index contributed by atoms with van der Waals surface area (Å²) in [6.07, 6.45) is 1.61. The predicted molar refractivity (Wildman–Crippen MR) is 83.0 cm³/mol. The molecule has 0 aliphatic heterocycles. The molecule has 0 amide bonds. The van der Waals surface area contributed by atoms with Gasteiger partial charge in [0.2, 0.25) is 0 Å². The summed E-state index contributed by atoms with van der Waals surface area (Å²) in [4.78, 5) is 8.66. The van der Waals surface area contributed by atoms with Gasteiger partial charge in [-0.3, -0.25) is 0 Å². The van der Waals surface area contributed by atoms with Crippen molar-refractivity contribution in [3.05, 3.63) is 59.7 Å². The van der Waals surface area contributed by atoms with Gasteiger partial charge in [-0.2, -0.15) is 0 Å². The average Bonchev–Trinajstić information content (AvgIpc) is 2.85. The Bertz CT molecular complexity index is 721. The number of hydrogen-bond acceptors (Lipinski definition) is 5. The second-order valence-corrected chi connectivity index (χ2v) is 5.69. The van der Waals surface area contributed by atoms with Crippen molar-refractivity contribution in [2.75, 3.05) is 0 Å². The van der Waals surface area contributed by atoms with Crippen LogP contribution in [0.1, 0.15) is 17.0 Å². The average molecular weight is 297 g/mol. The topological polar surface area (TPSA) is 51.8 Å². The first-order valence-corrected chi connectivity index (χ1v) is 7.64. The molecule has 3 rings (SSSR count). The Balaban J connectivity index is 1.78. The summed E-state index contributed by atoms with van der Waals surface area (Å²) in [6.45, 7) is 3.90. The van der Waals surface area contributed by atoms with Crippen molar-refractivity contribution in [3.63, 3.8) is 0 Å². The minimum atomic E-state index is 0.798. The standard InChI is InChI=1S/C16H15N3OS/c1-11-14(12(2)20-19-11)9-21-16-8-15(17-10-18-16)13-6-4-3-5-7-13/h3-8,10H,9H2,1-2H3. The minimum absolute atomic E-state index is 0.798. The molecule has 0 aliphatic carbocycles. The van der Waals surface area contributed by atoms with E-state index in [1.165, 1.54) is 0 Å². The van der Waals surface area contributed by atoms with E-state index >= 15 is 0 Å². The lowest BCUT2D eigenvalue weighted by atomic mass is 10.1. The zero-order valence-electron chi connectivity index (χ0n) is 11.9. The van der Waals surface area contributed by atoms with Crippen molar-refractivity contribution in [1.82, 2.24) is 15.1 Å². The van der Waals surface area contributed by atoms with Gasteiger partial charge in [-0.1, -0.05) is 35.5 Å². The molecule has 0 N–H and O–H groups in total. The Morgan fingerprint density at radius 2 is 1.90 bits per heavy atom. The molecular weight excluding hydrogens is 282 g/mol. The number of thioether (sulfide) groups is 1. The normalized spacial score (nSPS) is 10.8. The van der Waals surface area contributed by atoms with Crippen molar-refractivity contribution in [2.24, 2.45) is 0 Å². The van der Waals surface area contributed by atoms with Crippen LogP contribution < -0.4 is 0 Å². The molecule has 0 aliphatic rings. The molecule has 0 unspecified atom stereocenters. The van der Waals surface area contributed by atoms with Crippen molar-refractivity contribution in [2.45, 2.75) is 24.6 Å². The van der Waals surface area contributed by atoms with Gasteiger partial charge in [0.1, 0.15) is 17.1 Å². The zero-order valence-corrected chi connectivity index (χ0v) is 12.7. The number of aryl methyl sites for hydroxylation is 2. The highest BCUT2D eigenvalue weighted by Crippen LogP contribution is 2.26. The first-order chi connectivity index (χ1) is 10.2. The highest BCUT2D eigenvalue weighted by atomic mass is 32.2. The number of nitrogens with zero attached hydrogens (tertiary/aromatic N) is 3. The number of rotatable bonds is 4. The van der Waals surface area contributed by atoms with Crippen molar-refractivity contribution in [3.8, 4) is 11.3 Å². The fourth-order valence-electron chi connectivity index (χ4n) is 2.04. The van der Waals surface area contributed by atoms with Crippen LogP contribution in [-0.4, -0.2) is 15.1 Å². The monoisotopic (exact) mass is 297 g/mol. The molecule has 0 fully saturated rings. The molecule has 2 aromatic heterocycles. The van der Waals surface area contributed by atoms with Crippen LogP contribution in [0.5, 0.6) is 0 Å². The summed E-state index contributed by atoms with van der Waals surface area (Å²) < 4.78 is 5.18. The van der Waals surface area contributed by atoms with Gasteiger partial charge in [-0.05, 0) is 19.9 Å². The van der Waals surface area contributed by atoms with Crippen LogP contribution in [0.2, 0.25) is 0 Å². The van der Waals surface area contributed by atoms with Gasteiger partial charge in [-0.15, -0.1) is 11.8 Å². The van der Waals surface area contributed by atoms with E-state index in [-0.39, 0.29) is 0 Å². The molecule has 0 saturated carbocycles. The van der Waals surface area contributed by atoms with Crippen LogP contribution in [-0.2, 0) is 5.75 Å². The van der Waals surface area contributed by atoms with Crippen LogP contribution >= 0.6 is 11.8 Å². The quantitative estimate of drug-likeness (QED) is 0.537. The van der Waals surface area contributed by atoms with E-state index in [1.807, 2.05) is 50.2 Å². The number of benzene rings is 1. The summed E-state index contributed by atoms with van der Waals surface area (Å²) >= 11 is 1.66. The minimum Gasteiger partial charge on any atom is -0.361 e. The fraction of sp³-hybridized carbons (Fsp3) is 0.188. The highest BCUT2D eigenvalue weighted by molar-refractivity contribution is 7.98. The Labute approximate surface area is 127 Å². The molecule has 0 saturated heterocycles. The highest BCUT2D eigenvalue weighted by Gasteiger charge is 2.10. The molecule has 106 valence electrons. The van der Waals surface area contributed by atoms with E-state index in [9.17, 15) is 0 Å². The van der Waals surface area contributed by atoms with Gasteiger partial charge in [0.15, 0.2) is 0 Å². The second kappa shape index (κ2) is 6.10. The summed E-state index contributed by atoms with van der Waals surface area (Å²) in [7, 11) is 0. The summed E-state index contributed by atoms with van der Waals surface area (Å²) in [5, 5.41) is 4.92. The van der Waals surface area contributed by atoms with E-state index in [2.05, 4.69) is 15.1 Å². The number of aromatic nitrogens is 3. The zero-order chi connectivity index (χ0) is 14.7. The summed E-state index contributed by atoms with van der Waals surface area (Å²) in [6, 6.07) is 12.1. The predicted octanol–water partition coefficient (Wildman–Crippen LogP) is 4.04. The first-order valence-electron chi connectivity index (χ1n) is 6.66. The molecule has 4 nitrogen and oxygen atoms in total. The van der Waals surface area contributed by atoms with Crippen LogP contribution in [0.25, 0.3) is 11.3 Å². The number of hydrogen-bond donors (Lipinski definition) is 0. The maximum atomic E-state index is 5.18. The second-order valence-electron chi connectivity index (χ2n) is 4.70. The lowest BCUT2D eigenvalue weighted by Crippen LogP contribution is -1.90. The fourth-order valence-corrected chi connectivity index (χ4v) is 3.06. The molecule has 5 heteroatoms. The Morgan fingerprint density at radius 3 is 2.62 bits per heavy atom. The molecule has 0 radical (unpaired) electrons. The molecule has 0 spiro atoms. The maximum Gasteiger partial charge on any atom is 0.137 e. The molecule has 1 aromatic carbocycles. The third-order valence-electron chi connectivity index (χ3n) is 3.26. The molecule has 3 aromatic rings. The van der Waals surface area contributed by atoms with Crippen LogP contribution in [0.3, 0.4) is 0 Å². The summed E-state index contributed by atoms with van der Waals surface area (Å²) in [5.74, 6) is 1.67. The summed E-state index contributed by atoms with van der Waals surface area (Å²) in [5.41, 5.74) is 4.11. The van der Waals surface area contributed by atoms with E-state index in [1.54, 1.807) is 18.1 Å². The molecule has 2 heterocycles. The Hall–Kier alpha value is -2.14. The Morgan fingerprint density at radius 1 is 1.10 bits per heavy atom. The van der Waals surface area contributed by atoms with E-state index in [0.717, 1.165) is 39.1 Å². The Kier molecular flexibility index (Phi) is 4.01. The van der Waals surface area contributed by atoms with Gasteiger partial charge in [0.05, 0.1) is 11.4 Å².